The van der Waals surface area contributed by atoms with Gasteiger partial charge in [-0.05, 0) is 73.8 Å². The number of nitriles is 1. The first-order chi connectivity index (χ1) is 16.6. The van der Waals surface area contributed by atoms with Gasteiger partial charge in [-0.3, -0.25) is 4.79 Å². The Kier molecular flexibility index (Phi) is 6.30. The maximum atomic E-state index is 13.9. The van der Waals surface area contributed by atoms with Gasteiger partial charge in [0.25, 0.3) is 5.56 Å². The minimum Gasteiger partial charge on any atom is -0.501 e. The molecular formula is C28H32N4O2. The molecule has 0 radical (unpaired) electrons. The van der Waals surface area contributed by atoms with E-state index in [1.807, 2.05) is 29.0 Å². The molecule has 1 aromatic rings. The summed E-state index contributed by atoms with van der Waals surface area (Å²) >= 11 is 0. The van der Waals surface area contributed by atoms with Crippen molar-refractivity contribution in [3.8, 4) is 6.07 Å². The summed E-state index contributed by atoms with van der Waals surface area (Å²) in [4.78, 5) is 16.0. The van der Waals surface area contributed by atoms with E-state index in [-0.39, 0.29) is 11.6 Å². The molecule has 0 spiro atoms. The molecule has 1 atom stereocenters. The fraction of sp³-hybridized carbons (Fsp3) is 0.429. The number of ether oxygens (including phenoxy) is 1. The minimum absolute atomic E-state index is 0.0356. The minimum atomic E-state index is 0.0356. The zero-order valence-electron chi connectivity index (χ0n) is 19.8. The lowest BCUT2D eigenvalue weighted by Gasteiger charge is -2.30. The van der Waals surface area contributed by atoms with Gasteiger partial charge in [0.2, 0.25) is 0 Å². The van der Waals surface area contributed by atoms with Crippen molar-refractivity contribution < 1.29 is 4.74 Å². The highest BCUT2D eigenvalue weighted by Crippen LogP contribution is 2.39. The van der Waals surface area contributed by atoms with E-state index >= 15 is 0 Å². The van der Waals surface area contributed by atoms with E-state index in [1.165, 1.54) is 24.0 Å². The number of hydrogen-bond acceptors (Lipinski definition) is 5. The van der Waals surface area contributed by atoms with Gasteiger partial charge in [-0.1, -0.05) is 18.2 Å². The summed E-state index contributed by atoms with van der Waals surface area (Å²) in [7, 11) is 1.71. The third kappa shape index (κ3) is 4.53. The first-order valence-corrected chi connectivity index (χ1v) is 12.3. The summed E-state index contributed by atoms with van der Waals surface area (Å²) in [5.41, 5.74) is 12.1. The quantitative estimate of drug-likeness (QED) is 0.674. The van der Waals surface area contributed by atoms with Crippen molar-refractivity contribution in [2.45, 2.75) is 57.5 Å². The number of methoxy groups -OCH3 is 1. The van der Waals surface area contributed by atoms with Crippen molar-refractivity contribution in [3.63, 3.8) is 0 Å². The van der Waals surface area contributed by atoms with Crippen molar-refractivity contribution >= 4 is 16.8 Å². The Morgan fingerprint density at radius 1 is 1.09 bits per heavy atom. The third-order valence-electron chi connectivity index (χ3n) is 7.25. The number of hydrogen-bond donors (Lipinski definition) is 1. The molecule has 1 unspecified atom stereocenters. The number of allylic oxidation sites excluding steroid dienone is 8. The largest absolute Gasteiger partial charge is 0.501 e. The Bertz CT molecular complexity index is 1230. The van der Waals surface area contributed by atoms with Crippen LogP contribution in [-0.4, -0.2) is 24.3 Å². The second-order valence-electron chi connectivity index (χ2n) is 9.66. The van der Waals surface area contributed by atoms with Crippen molar-refractivity contribution in [2.24, 2.45) is 11.7 Å². The smallest absolute Gasteiger partial charge is 0.274 e. The highest BCUT2D eigenvalue weighted by molar-refractivity contribution is 5.82. The third-order valence-corrected chi connectivity index (χ3v) is 7.25. The van der Waals surface area contributed by atoms with Gasteiger partial charge in [0.1, 0.15) is 5.69 Å². The Morgan fingerprint density at radius 2 is 1.88 bits per heavy atom. The molecule has 1 aromatic heterocycles. The highest BCUT2D eigenvalue weighted by atomic mass is 16.5. The van der Waals surface area contributed by atoms with Crippen LogP contribution in [0.1, 0.15) is 56.2 Å². The van der Waals surface area contributed by atoms with Gasteiger partial charge in [-0.15, -0.1) is 0 Å². The van der Waals surface area contributed by atoms with Crippen LogP contribution in [0.15, 0.2) is 58.8 Å². The Labute approximate surface area is 201 Å². The predicted octanol–water partition coefficient (Wildman–Crippen LogP) is 4.64. The lowest BCUT2D eigenvalue weighted by Crippen LogP contribution is -2.37. The second kappa shape index (κ2) is 9.52. The molecule has 5 rings (SSSR count). The van der Waals surface area contributed by atoms with E-state index in [0.717, 1.165) is 67.8 Å². The van der Waals surface area contributed by atoms with E-state index in [2.05, 4.69) is 29.2 Å². The van der Waals surface area contributed by atoms with Crippen LogP contribution in [-0.2, 0) is 11.3 Å². The molecule has 34 heavy (non-hydrogen) atoms. The topological polar surface area (TPSA) is 84.3 Å². The number of aromatic nitrogens is 1. The van der Waals surface area contributed by atoms with Crippen LogP contribution in [0, 0.1) is 17.2 Å². The Balaban J connectivity index is 1.71. The van der Waals surface area contributed by atoms with Gasteiger partial charge in [0, 0.05) is 42.9 Å². The van der Waals surface area contributed by atoms with Crippen LogP contribution in [0.2, 0.25) is 0 Å². The fourth-order valence-electron chi connectivity index (χ4n) is 5.00. The number of rotatable bonds is 6. The lowest BCUT2D eigenvalue weighted by molar-refractivity contribution is 0.277. The van der Waals surface area contributed by atoms with Crippen LogP contribution >= 0.6 is 0 Å². The van der Waals surface area contributed by atoms with Crippen LogP contribution in [0.25, 0.3) is 11.1 Å². The van der Waals surface area contributed by atoms with Crippen molar-refractivity contribution in [1.29, 1.82) is 5.26 Å². The normalized spacial score (nSPS) is 22.4. The molecule has 1 aliphatic heterocycles. The van der Waals surface area contributed by atoms with E-state index in [1.54, 1.807) is 7.11 Å². The van der Waals surface area contributed by atoms with Gasteiger partial charge in [-0.2, -0.15) is 5.26 Å². The summed E-state index contributed by atoms with van der Waals surface area (Å²) in [6.45, 7) is 1.48. The van der Waals surface area contributed by atoms with E-state index in [4.69, 9.17) is 10.5 Å². The summed E-state index contributed by atoms with van der Waals surface area (Å²) in [5.74, 6) is 1.52. The standard InChI is InChI=1S/C28H32N4O2/c1-34-24-10-8-22(9-11-24)27-25(21-6-4-19(17-29)5-7-21)16-26(31-14-12-23(30)13-15-31)28(33)32(27)18-20-2-3-20/h4,6,8,10,12,14,16,20,23H,2-3,5,7,9,11,13,15,18,30H2,1H3. The molecule has 3 aliphatic carbocycles. The molecule has 0 saturated heterocycles. The van der Waals surface area contributed by atoms with E-state index in [9.17, 15) is 10.1 Å². The van der Waals surface area contributed by atoms with E-state index in [0.29, 0.717) is 11.6 Å². The first-order valence-electron chi connectivity index (χ1n) is 12.3. The Morgan fingerprint density at radius 3 is 2.47 bits per heavy atom. The Hall–Kier alpha value is -3.30. The molecular weight excluding hydrogens is 424 g/mol. The molecule has 6 heteroatoms. The molecule has 0 amide bonds. The van der Waals surface area contributed by atoms with Gasteiger partial charge in [0.05, 0.1) is 24.6 Å². The molecule has 6 nitrogen and oxygen atoms in total. The average molecular weight is 457 g/mol. The van der Waals surface area contributed by atoms with Gasteiger partial charge in [-0.25, -0.2) is 0 Å². The number of nitrogens with zero attached hydrogens (tertiary/aromatic N) is 3. The molecule has 176 valence electrons. The van der Waals surface area contributed by atoms with Crippen LogP contribution in [0.5, 0.6) is 0 Å². The number of pyridine rings is 1. The monoisotopic (exact) mass is 456 g/mol. The van der Waals surface area contributed by atoms with Gasteiger partial charge in [0.15, 0.2) is 0 Å². The van der Waals surface area contributed by atoms with E-state index < -0.39 is 0 Å². The summed E-state index contributed by atoms with van der Waals surface area (Å²) in [6.07, 6.45) is 18.4. The molecule has 2 heterocycles. The molecule has 1 fully saturated rings. The summed E-state index contributed by atoms with van der Waals surface area (Å²) in [6, 6.07) is 4.40. The predicted molar refractivity (Wildman–Crippen MR) is 136 cm³/mol. The van der Waals surface area contributed by atoms with Crippen molar-refractivity contribution in [1.82, 2.24) is 4.57 Å². The van der Waals surface area contributed by atoms with Crippen LogP contribution < -0.4 is 16.2 Å². The summed E-state index contributed by atoms with van der Waals surface area (Å²) in [5, 5.41) is 9.33. The highest BCUT2D eigenvalue weighted by Gasteiger charge is 2.29. The molecule has 1 saturated carbocycles. The molecule has 4 aliphatic rings. The first kappa shape index (κ1) is 22.5. The lowest BCUT2D eigenvalue weighted by atomic mass is 9.88. The van der Waals surface area contributed by atoms with Crippen molar-refractivity contribution in [3.05, 3.63) is 75.6 Å². The molecule has 0 bridgehead atoms. The van der Waals surface area contributed by atoms with Crippen LogP contribution in [0.3, 0.4) is 0 Å². The summed E-state index contributed by atoms with van der Waals surface area (Å²) < 4.78 is 7.49. The van der Waals surface area contributed by atoms with Gasteiger partial charge < -0.3 is 19.9 Å². The van der Waals surface area contributed by atoms with Crippen molar-refractivity contribution in [2.75, 3.05) is 18.6 Å². The SMILES string of the molecule is COC1=CC=C(c2c(C3=CC=C(C#N)CC3)cc(N3C=CC(N)CC3)c(=O)n2CC2CC2)CC1. The van der Waals surface area contributed by atoms with Crippen LogP contribution in [0.4, 0.5) is 5.69 Å². The fourth-order valence-corrected chi connectivity index (χ4v) is 5.00. The molecule has 0 aromatic carbocycles. The number of nitrogens with two attached hydrogens (primary N) is 1. The maximum Gasteiger partial charge on any atom is 0.274 e. The zero-order chi connectivity index (χ0) is 23.7. The maximum absolute atomic E-state index is 13.9. The van der Waals surface area contributed by atoms with Gasteiger partial charge >= 0.3 is 0 Å². The second-order valence-corrected chi connectivity index (χ2v) is 9.66. The average Bonchev–Trinajstić information content (AvgIpc) is 3.70. The zero-order valence-corrected chi connectivity index (χ0v) is 19.8. The molecule has 2 N–H and O–H groups in total. The number of anilines is 1.